The van der Waals surface area contributed by atoms with Crippen molar-refractivity contribution in [2.45, 2.75) is 12.3 Å². The third-order valence-corrected chi connectivity index (χ3v) is 12.2. The van der Waals surface area contributed by atoms with Gasteiger partial charge in [0.1, 0.15) is 0 Å². The zero-order chi connectivity index (χ0) is 31.5. The summed E-state index contributed by atoms with van der Waals surface area (Å²) >= 11 is 0. The van der Waals surface area contributed by atoms with Crippen LogP contribution in [0, 0.1) is 12.1 Å². The summed E-state index contributed by atoms with van der Waals surface area (Å²) in [7, 11) is -0.843. The summed E-state index contributed by atoms with van der Waals surface area (Å²) in [5.74, 6) is 0. The fourth-order valence-electron chi connectivity index (χ4n) is 4.89. The van der Waals surface area contributed by atoms with Crippen molar-refractivity contribution in [1.82, 2.24) is 0 Å². The fourth-order valence-corrected chi connectivity index (χ4v) is 9.50. The van der Waals surface area contributed by atoms with Gasteiger partial charge < -0.3 is 0 Å². The van der Waals surface area contributed by atoms with Gasteiger partial charge in [0.2, 0.25) is 0 Å². The van der Waals surface area contributed by atoms with E-state index >= 15 is 0 Å². The first kappa shape index (κ1) is 39.3. The Morgan fingerprint density at radius 1 is 0.292 bits per heavy atom. The van der Waals surface area contributed by atoms with Crippen molar-refractivity contribution in [3.8, 4) is 0 Å². The molecule has 0 atom stereocenters. The Morgan fingerprint density at radius 3 is 0.708 bits per heavy atom. The van der Waals surface area contributed by atoms with E-state index in [0.29, 0.717) is 0 Å². The van der Waals surface area contributed by atoms with E-state index in [-0.39, 0.29) is 44.8 Å². The van der Waals surface area contributed by atoms with Gasteiger partial charge in [-0.25, -0.2) is 0 Å². The fraction of sp³-hybridized carbons (Fsp3) is 0.0455. The second kappa shape index (κ2) is 23.3. The average molecular weight is 1020 g/mol. The number of hydrogen-bond donors (Lipinski definition) is 0. The minimum absolute atomic E-state index is 0. The molecule has 48 heavy (non-hydrogen) atoms. The van der Waals surface area contributed by atoms with Crippen molar-refractivity contribution < 1.29 is 44.8 Å². The van der Waals surface area contributed by atoms with Gasteiger partial charge in [-0.15, -0.1) is 0 Å². The molecular formula is C44H38Au2P2. The molecule has 0 bridgehead atoms. The molecule has 0 heterocycles. The van der Waals surface area contributed by atoms with Gasteiger partial charge in [0.25, 0.3) is 0 Å². The second-order valence-corrected chi connectivity index (χ2v) is 14.9. The number of hydrogen-bond acceptors (Lipinski definition) is 0. The van der Waals surface area contributed by atoms with E-state index in [1.807, 2.05) is 60.7 Å². The molecule has 4 heteroatoms. The molecule has 0 amide bonds. The monoisotopic (exact) mass is 1020 g/mol. The van der Waals surface area contributed by atoms with Crippen molar-refractivity contribution in [3.05, 3.63) is 230 Å². The quantitative estimate of drug-likeness (QED) is 0.0809. The van der Waals surface area contributed by atoms with Crippen LogP contribution in [0.25, 0.3) is 0 Å². The summed E-state index contributed by atoms with van der Waals surface area (Å²) in [6, 6.07) is 78.3. The Kier molecular flexibility index (Phi) is 19.1. The Hall–Kier alpha value is -3.12. The normalized spacial score (nSPS) is 9.88. The van der Waals surface area contributed by atoms with Crippen LogP contribution >= 0.6 is 15.8 Å². The third kappa shape index (κ3) is 13.4. The molecule has 0 radical (unpaired) electrons. The first-order valence-corrected chi connectivity index (χ1v) is 18.6. The summed E-state index contributed by atoms with van der Waals surface area (Å²) in [4.78, 5) is 0. The van der Waals surface area contributed by atoms with E-state index in [4.69, 9.17) is 0 Å². The van der Waals surface area contributed by atoms with Crippen LogP contribution in [0.5, 0.6) is 0 Å². The SMILES string of the molecule is [Au+].[Au+].[c-]1ccccc1.[c-]1ccccc1.c1ccc(P(Cc2ccc(CP(c3ccccc3)c3ccccc3)cc2)c2ccccc2)cc1. The molecule has 0 saturated heterocycles. The molecule has 0 saturated carbocycles. The molecule has 7 rings (SSSR count). The first-order chi connectivity index (χ1) is 22.9. The summed E-state index contributed by atoms with van der Waals surface area (Å²) in [5, 5.41) is 5.74. The van der Waals surface area contributed by atoms with Crippen LogP contribution in [0.15, 0.2) is 206 Å². The van der Waals surface area contributed by atoms with Crippen LogP contribution < -0.4 is 21.2 Å². The van der Waals surface area contributed by atoms with E-state index in [1.165, 1.54) is 32.3 Å². The van der Waals surface area contributed by atoms with Gasteiger partial charge in [0.15, 0.2) is 0 Å². The van der Waals surface area contributed by atoms with Crippen LogP contribution in [-0.4, -0.2) is 0 Å². The maximum absolute atomic E-state index is 2.89. The van der Waals surface area contributed by atoms with E-state index in [1.54, 1.807) is 0 Å². The predicted molar refractivity (Wildman–Crippen MR) is 203 cm³/mol. The van der Waals surface area contributed by atoms with E-state index in [2.05, 4.69) is 158 Å². The Morgan fingerprint density at radius 2 is 0.521 bits per heavy atom. The molecule has 0 fully saturated rings. The smallest absolute Gasteiger partial charge is 0.184 e. The van der Waals surface area contributed by atoms with Crippen LogP contribution in [0.4, 0.5) is 0 Å². The molecule has 246 valence electrons. The van der Waals surface area contributed by atoms with Gasteiger partial charge >= 0.3 is 44.8 Å². The zero-order valence-corrected chi connectivity index (χ0v) is 32.7. The van der Waals surface area contributed by atoms with Crippen LogP contribution in [-0.2, 0) is 57.1 Å². The zero-order valence-electron chi connectivity index (χ0n) is 26.5. The van der Waals surface area contributed by atoms with Gasteiger partial charge in [-0.1, -0.05) is 146 Å². The standard InChI is InChI=1S/C32H28P2.2C6H5.2Au/c1-5-13-29(14-6-1)33(30-15-7-2-8-16-30)25-27-21-23-28(24-22-27)26-34(31-17-9-3-10-18-31)32-19-11-4-12-20-32;2*1-2-4-6-5-3-1;;/h1-24H,25-26H2;2*1-5H;;/q;2*-1;2*+1. The molecule has 0 spiro atoms. The largest absolute Gasteiger partial charge is 1.00 e. The molecule has 0 N–H and O–H groups in total. The van der Waals surface area contributed by atoms with Gasteiger partial charge in [-0.05, 0) is 48.2 Å². The average Bonchev–Trinajstić information content (AvgIpc) is 3.17. The number of benzene rings is 7. The minimum atomic E-state index is -0.422. The topological polar surface area (TPSA) is 0 Å². The first-order valence-electron chi connectivity index (χ1n) is 15.5. The van der Waals surface area contributed by atoms with Crippen LogP contribution in [0.2, 0.25) is 0 Å². The van der Waals surface area contributed by atoms with Crippen LogP contribution in [0.1, 0.15) is 11.1 Å². The summed E-state index contributed by atoms with van der Waals surface area (Å²) in [5.41, 5.74) is 2.82. The summed E-state index contributed by atoms with van der Waals surface area (Å²) in [6.07, 6.45) is 2.13. The van der Waals surface area contributed by atoms with Crippen molar-refractivity contribution in [3.63, 3.8) is 0 Å². The molecule has 0 aliphatic carbocycles. The predicted octanol–water partition coefficient (Wildman–Crippen LogP) is 9.92. The molecule has 7 aromatic carbocycles. The number of rotatable bonds is 8. The van der Waals surface area contributed by atoms with Crippen molar-refractivity contribution >= 4 is 37.1 Å². The van der Waals surface area contributed by atoms with E-state index in [0.717, 1.165) is 12.3 Å². The molecular weight excluding hydrogens is 984 g/mol. The maximum atomic E-state index is 2.89. The Labute approximate surface area is 321 Å². The van der Waals surface area contributed by atoms with Gasteiger partial charge in [-0.3, -0.25) is 0 Å². The summed E-state index contributed by atoms with van der Waals surface area (Å²) < 4.78 is 0. The second-order valence-electron chi connectivity index (χ2n) is 10.5. The molecule has 0 nitrogen and oxygen atoms in total. The molecule has 0 aliphatic heterocycles. The molecule has 0 aromatic heterocycles. The van der Waals surface area contributed by atoms with Gasteiger partial charge in [0, 0.05) is 12.3 Å². The van der Waals surface area contributed by atoms with Crippen molar-refractivity contribution in [1.29, 1.82) is 0 Å². The van der Waals surface area contributed by atoms with Crippen LogP contribution in [0.3, 0.4) is 0 Å². The third-order valence-electron chi connectivity index (χ3n) is 7.19. The molecule has 0 aliphatic rings. The summed E-state index contributed by atoms with van der Waals surface area (Å²) in [6.45, 7) is 0. The van der Waals surface area contributed by atoms with E-state index in [9.17, 15) is 0 Å². The Bertz CT molecular complexity index is 1490. The molecule has 0 unspecified atom stereocenters. The van der Waals surface area contributed by atoms with E-state index < -0.39 is 15.8 Å². The molecule has 7 aromatic rings. The van der Waals surface area contributed by atoms with Gasteiger partial charge in [-0.2, -0.15) is 72.8 Å². The minimum Gasteiger partial charge on any atom is -0.184 e. The Balaban J connectivity index is 0.000000375. The van der Waals surface area contributed by atoms with Gasteiger partial charge in [0.05, 0.1) is 0 Å². The van der Waals surface area contributed by atoms with Crippen molar-refractivity contribution in [2.75, 3.05) is 0 Å². The maximum Gasteiger partial charge on any atom is 1.00 e. The van der Waals surface area contributed by atoms with Crippen molar-refractivity contribution in [2.24, 2.45) is 0 Å².